The van der Waals surface area contributed by atoms with Crippen molar-refractivity contribution in [1.29, 1.82) is 0 Å². The molecule has 0 spiro atoms. The number of nitrogens with zero attached hydrogens (tertiary/aromatic N) is 1. The molecule has 1 atom stereocenters. The van der Waals surface area contributed by atoms with Crippen LogP contribution < -0.4 is 4.74 Å². The Hall–Kier alpha value is -1.12. The lowest BCUT2D eigenvalue weighted by molar-refractivity contribution is -0.141. The van der Waals surface area contributed by atoms with Crippen molar-refractivity contribution in [3.05, 3.63) is 22.7 Å². The maximum atomic E-state index is 12.6. The lowest BCUT2D eigenvalue weighted by Gasteiger charge is -2.18. The molecule has 0 amide bonds. The van der Waals surface area contributed by atoms with Gasteiger partial charge in [-0.1, -0.05) is 15.9 Å². The highest BCUT2D eigenvalue weighted by Crippen LogP contribution is 2.32. The van der Waals surface area contributed by atoms with Crippen LogP contribution >= 0.6 is 15.9 Å². The number of halogens is 1. The second-order valence-electron chi connectivity index (χ2n) is 4.48. The summed E-state index contributed by atoms with van der Waals surface area (Å²) < 4.78 is 32.0. The molecular formula is C12H14BrNO5S. The molecule has 0 unspecified atom stereocenters. The molecule has 1 fully saturated rings. The van der Waals surface area contributed by atoms with Crippen LogP contribution in [0.2, 0.25) is 0 Å². The molecule has 110 valence electrons. The van der Waals surface area contributed by atoms with E-state index in [9.17, 15) is 13.2 Å². The number of rotatable bonds is 4. The molecule has 0 saturated carbocycles. The maximum absolute atomic E-state index is 12.6. The summed E-state index contributed by atoms with van der Waals surface area (Å²) in [7, 11) is -2.36. The molecular weight excluding hydrogens is 350 g/mol. The van der Waals surface area contributed by atoms with Gasteiger partial charge in [-0.25, -0.2) is 8.42 Å². The predicted molar refractivity (Wildman–Crippen MR) is 75.2 cm³/mol. The predicted octanol–water partition coefficient (Wildman–Crippen LogP) is 1.55. The number of aliphatic carboxylic acids is 1. The molecule has 0 bridgehead atoms. The number of carbonyl (C=O) groups is 1. The molecule has 20 heavy (non-hydrogen) atoms. The van der Waals surface area contributed by atoms with Crippen LogP contribution in [0.4, 0.5) is 0 Å². The Bertz CT molecular complexity index is 631. The zero-order chi connectivity index (χ0) is 14.9. The maximum Gasteiger partial charge on any atom is 0.307 e. The van der Waals surface area contributed by atoms with Gasteiger partial charge in [0.15, 0.2) is 0 Å². The molecule has 1 aromatic rings. The van der Waals surface area contributed by atoms with Crippen LogP contribution in [0.3, 0.4) is 0 Å². The van der Waals surface area contributed by atoms with Gasteiger partial charge < -0.3 is 9.84 Å². The molecule has 6 nitrogen and oxygen atoms in total. The summed E-state index contributed by atoms with van der Waals surface area (Å²) in [6.07, 6.45) is 0.324. The summed E-state index contributed by atoms with van der Waals surface area (Å²) in [5.41, 5.74) is 0. The van der Waals surface area contributed by atoms with E-state index in [4.69, 9.17) is 9.84 Å². The van der Waals surface area contributed by atoms with E-state index in [2.05, 4.69) is 15.9 Å². The molecule has 1 aromatic carbocycles. The molecule has 1 saturated heterocycles. The molecule has 0 radical (unpaired) electrons. The van der Waals surface area contributed by atoms with Crippen LogP contribution in [0.25, 0.3) is 0 Å². The minimum atomic E-state index is -3.76. The summed E-state index contributed by atoms with van der Waals surface area (Å²) in [6.45, 7) is 0.197. The van der Waals surface area contributed by atoms with Crippen molar-refractivity contribution in [1.82, 2.24) is 4.31 Å². The largest absolute Gasteiger partial charge is 0.495 e. The first-order valence-corrected chi connectivity index (χ1v) is 8.16. The molecule has 0 aliphatic carbocycles. The first-order chi connectivity index (χ1) is 9.36. The molecule has 2 rings (SSSR count). The van der Waals surface area contributed by atoms with Crippen LogP contribution in [0.5, 0.6) is 5.75 Å². The Labute approximate surface area is 125 Å². The van der Waals surface area contributed by atoms with Crippen molar-refractivity contribution in [3.63, 3.8) is 0 Å². The Balaban J connectivity index is 2.36. The van der Waals surface area contributed by atoms with Crippen molar-refractivity contribution in [2.45, 2.75) is 11.3 Å². The normalized spacial score (nSPS) is 20.0. The van der Waals surface area contributed by atoms with E-state index in [1.165, 1.54) is 17.5 Å². The van der Waals surface area contributed by atoms with Gasteiger partial charge in [0, 0.05) is 17.6 Å². The quantitative estimate of drug-likeness (QED) is 0.877. The van der Waals surface area contributed by atoms with Gasteiger partial charge in [0.2, 0.25) is 10.0 Å². The van der Waals surface area contributed by atoms with E-state index < -0.39 is 21.9 Å². The highest BCUT2D eigenvalue weighted by Gasteiger charge is 2.37. The number of hydrogen-bond acceptors (Lipinski definition) is 4. The number of ether oxygens (including phenoxy) is 1. The van der Waals surface area contributed by atoms with Gasteiger partial charge in [0.25, 0.3) is 0 Å². The zero-order valence-corrected chi connectivity index (χ0v) is 13.1. The number of carboxylic acids is 1. The number of benzene rings is 1. The molecule has 0 aromatic heterocycles. The van der Waals surface area contributed by atoms with E-state index in [1.54, 1.807) is 12.1 Å². The fourth-order valence-corrected chi connectivity index (χ4v) is 4.33. The fraction of sp³-hybridized carbons (Fsp3) is 0.417. The van der Waals surface area contributed by atoms with Gasteiger partial charge in [-0.2, -0.15) is 4.31 Å². The van der Waals surface area contributed by atoms with Crippen LogP contribution in [-0.2, 0) is 14.8 Å². The van der Waals surface area contributed by atoms with Crippen LogP contribution in [-0.4, -0.2) is 44.0 Å². The van der Waals surface area contributed by atoms with E-state index in [0.29, 0.717) is 10.9 Å². The van der Waals surface area contributed by atoms with Crippen LogP contribution in [0, 0.1) is 5.92 Å². The van der Waals surface area contributed by atoms with Crippen molar-refractivity contribution >= 4 is 31.9 Å². The smallest absolute Gasteiger partial charge is 0.307 e. The number of methoxy groups -OCH3 is 1. The van der Waals surface area contributed by atoms with E-state index in [0.717, 1.165) is 0 Å². The fourth-order valence-electron chi connectivity index (χ4n) is 2.14. The second-order valence-corrected chi connectivity index (χ2v) is 7.30. The average Bonchev–Trinajstić information content (AvgIpc) is 2.89. The first-order valence-electron chi connectivity index (χ1n) is 5.92. The summed E-state index contributed by atoms with van der Waals surface area (Å²) in [5.74, 6) is -1.38. The molecule has 1 aliphatic rings. The Morgan fingerprint density at radius 2 is 2.20 bits per heavy atom. The summed E-state index contributed by atoms with van der Waals surface area (Å²) >= 11 is 3.23. The van der Waals surface area contributed by atoms with Crippen molar-refractivity contribution in [2.75, 3.05) is 20.2 Å². The first kappa shape index (κ1) is 15.3. The molecule has 8 heteroatoms. The molecule has 1 heterocycles. The third kappa shape index (κ3) is 2.82. The van der Waals surface area contributed by atoms with E-state index in [1.807, 2.05) is 0 Å². The highest BCUT2D eigenvalue weighted by atomic mass is 79.9. The number of sulfonamides is 1. The third-order valence-corrected chi connectivity index (χ3v) is 5.62. The SMILES string of the molecule is COc1ccc(Br)cc1S(=O)(=O)N1CC[C@H](C(=O)O)C1. The lowest BCUT2D eigenvalue weighted by atomic mass is 10.1. The van der Waals surface area contributed by atoms with Gasteiger partial charge in [0.1, 0.15) is 10.6 Å². The number of hydrogen-bond donors (Lipinski definition) is 1. The number of carboxylic acid groups (broad SMARTS) is 1. The van der Waals surface area contributed by atoms with Gasteiger partial charge in [-0.3, -0.25) is 4.79 Å². The Morgan fingerprint density at radius 3 is 2.75 bits per heavy atom. The van der Waals surface area contributed by atoms with Crippen LogP contribution in [0.15, 0.2) is 27.6 Å². The highest BCUT2D eigenvalue weighted by molar-refractivity contribution is 9.10. The minimum absolute atomic E-state index is 0.00661. The molecule has 1 N–H and O–H groups in total. The standard InChI is InChI=1S/C12H14BrNO5S/c1-19-10-3-2-9(13)6-11(10)20(17,18)14-5-4-8(7-14)12(15)16/h2-3,6,8H,4-5,7H2,1H3,(H,15,16)/t8-/m0/s1. The van der Waals surface area contributed by atoms with Crippen molar-refractivity contribution in [2.24, 2.45) is 5.92 Å². The van der Waals surface area contributed by atoms with Gasteiger partial charge in [0.05, 0.1) is 13.0 Å². The second kappa shape index (κ2) is 5.71. The van der Waals surface area contributed by atoms with Crippen molar-refractivity contribution < 1.29 is 23.1 Å². The monoisotopic (exact) mass is 363 g/mol. The summed E-state index contributed by atoms with van der Waals surface area (Å²) in [4.78, 5) is 11.0. The van der Waals surface area contributed by atoms with Gasteiger partial charge in [-0.05, 0) is 24.6 Å². The van der Waals surface area contributed by atoms with E-state index in [-0.39, 0.29) is 23.7 Å². The molecule has 1 aliphatic heterocycles. The lowest BCUT2D eigenvalue weighted by Crippen LogP contribution is -2.30. The van der Waals surface area contributed by atoms with Crippen LogP contribution in [0.1, 0.15) is 6.42 Å². The average molecular weight is 364 g/mol. The Morgan fingerprint density at radius 1 is 1.50 bits per heavy atom. The Kier molecular flexibility index (Phi) is 4.36. The third-order valence-electron chi connectivity index (χ3n) is 3.24. The van der Waals surface area contributed by atoms with Gasteiger partial charge in [-0.15, -0.1) is 0 Å². The van der Waals surface area contributed by atoms with E-state index >= 15 is 0 Å². The van der Waals surface area contributed by atoms with Crippen molar-refractivity contribution in [3.8, 4) is 5.75 Å². The zero-order valence-electron chi connectivity index (χ0n) is 10.7. The topological polar surface area (TPSA) is 83.9 Å². The van der Waals surface area contributed by atoms with Gasteiger partial charge >= 0.3 is 5.97 Å². The summed E-state index contributed by atoms with van der Waals surface area (Å²) in [6, 6.07) is 4.70. The minimum Gasteiger partial charge on any atom is -0.495 e. The summed E-state index contributed by atoms with van der Waals surface area (Å²) in [5, 5.41) is 8.96.